The highest BCUT2D eigenvalue weighted by molar-refractivity contribution is 5.03. The maximum Gasteiger partial charge on any atom is 0.349 e. The minimum atomic E-state index is 0.125. The van der Waals surface area contributed by atoms with Crippen LogP contribution in [0.5, 0.6) is 0 Å². The predicted molar refractivity (Wildman–Crippen MR) is 60.9 cm³/mol. The van der Waals surface area contributed by atoms with Crippen LogP contribution in [0.3, 0.4) is 0 Å². The van der Waals surface area contributed by atoms with E-state index < -0.39 is 0 Å². The SMILES string of the molecule is CC1CCC(=C[I+]c2ccccc2)CC1. The quantitative estimate of drug-likeness (QED) is 0.716. The molecule has 1 aliphatic carbocycles. The number of halogens is 1. The second kappa shape index (κ2) is 5.69. The Hall–Kier alpha value is -0.310. The van der Waals surface area contributed by atoms with Crippen LogP contribution in [0.2, 0.25) is 0 Å². The van der Waals surface area contributed by atoms with E-state index >= 15 is 0 Å². The maximum absolute atomic E-state index is 2.56. The number of hydrogen-bond acceptors (Lipinski definition) is 0. The van der Waals surface area contributed by atoms with Gasteiger partial charge >= 0.3 is 21.2 Å². The number of allylic oxidation sites excluding steroid dienone is 1. The third kappa shape index (κ3) is 3.63. The molecule has 0 radical (unpaired) electrons. The largest absolute Gasteiger partial charge is 0.349 e. The standard InChI is InChI=1S/C14H18I/c1-12-7-9-13(10-8-12)11-15-14-5-3-2-4-6-14/h2-6,11-12H,7-10H2,1H3/q+1. The van der Waals surface area contributed by atoms with Gasteiger partial charge < -0.3 is 0 Å². The van der Waals surface area contributed by atoms with Gasteiger partial charge in [0.1, 0.15) is 0 Å². The van der Waals surface area contributed by atoms with Crippen LogP contribution in [0, 0.1) is 9.49 Å². The van der Waals surface area contributed by atoms with Crippen LogP contribution in [-0.4, -0.2) is 0 Å². The molecule has 0 bridgehead atoms. The summed E-state index contributed by atoms with van der Waals surface area (Å²) >= 11 is 0.125. The van der Waals surface area contributed by atoms with Gasteiger partial charge in [-0.15, -0.1) is 0 Å². The lowest BCUT2D eigenvalue weighted by molar-refractivity contribution is -0.557. The molecule has 1 heteroatoms. The molecule has 1 aliphatic rings. The van der Waals surface area contributed by atoms with Gasteiger partial charge in [0.15, 0.2) is 7.65 Å². The molecule has 0 spiro atoms. The van der Waals surface area contributed by atoms with Crippen LogP contribution in [0.4, 0.5) is 0 Å². The first-order valence-electron chi connectivity index (χ1n) is 5.71. The average Bonchev–Trinajstić information content (AvgIpc) is 2.30. The van der Waals surface area contributed by atoms with Crippen LogP contribution in [0.1, 0.15) is 32.6 Å². The zero-order valence-electron chi connectivity index (χ0n) is 9.25. The van der Waals surface area contributed by atoms with Crippen molar-refractivity contribution in [2.24, 2.45) is 5.92 Å². The van der Waals surface area contributed by atoms with Gasteiger partial charge in [-0.25, -0.2) is 0 Å². The molecule has 0 amide bonds. The highest BCUT2D eigenvalue weighted by Gasteiger charge is 2.16. The Balaban J connectivity index is 1.89. The molecule has 0 N–H and O–H groups in total. The van der Waals surface area contributed by atoms with Gasteiger partial charge in [-0.3, -0.25) is 0 Å². The lowest BCUT2D eigenvalue weighted by Gasteiger charge is -2.17. The summed E-state index contributed by atoms with van der Waals surface area (Å²) in [7, 11) is 0. The second-order valence-corrected chi connectivity index (χ2v) is 6.85. The molecule has 80 valence electrons. The van der Waals surface area contributed by atoms with E-state index in [-0.39, 0.29) is 21.2 Å². The van der Waals surface area contributed by atoms with E-state index in [0.29, 0.717) is 0 Å². The van der Waals surface area contributed by atoms with Crippen LogP contribution in [0.15, 0.2) is 40.0 Å². The van der Waals surface area contributed by atoms with Crippen molar-refractivity contribution in [3.63, 3.8) is 0 Å². The van der Waals surface area contributed by atoms with E-state index in [2.05, 4.69) is 41.3 Å². The van der Waals surface area contributed by atoms with Crippen molar-refractivity contribution in [1.82, 2.24) is 0 Å². The molecular weight excluding hydrogens is 295 g/mol. The number of rotatable bonds is 2. The van der Waals surface area contributed by atoms with E-state index in [0.717, 1.165) is 5.92 Å². The minimum absolute atomic E-state index is 0.125. The van der Waals surface area contributed by atoms with Gasteiger partial charge in [0, 0.05) is 0 Å². The molecule has 0 unspecified atom stereocenters. The zero-order valence-corrected chi connectivity index (χ0v) is 11.4. The Morgan fingerprint density at radius 1 is 1.13 bits per heavy atom. The van der Waals surface area contributed by atoms with Crippen molar-refractivity contribution in [2.45, 2.75) is 32.6 Å². The van der Waals surface area contributed by atoms with Crippen molar-refractivity contribution in [3.05, 3.63) is 43.6 Å². The summed E-state index contributed by atoms with van der Waals surface area (Å²) in [6.45, 7) is 2.38. The fourth-order valence-corrected chi connectivity index (χ4v) is 4.12. The summed E-state index contributed by atoms with van der Waals surface area (Å²) < 4.78 is 4.10. The maximum atomic E-state index is 2.56. The Morgan fingerprint density at radius 2 is 1.80 bits per heavy atom. The van der Waals surface area contributed by atoms with Crippen LogP contribution < -0.4 is 21.2 Å². The van der Waals surface area contributed by atoms with E-state index in [1.165, 1.54) is 25.7 Å². The molecule has 1 aromatic rings. The molecule has 0 atom stereocenters. The van der Waals surface area contributed by atoms with Crippen molar-refractivity contribution in [2.75, 3.05) is 0 Å². The second-order valence-electron chi connectivity index (χ2n) is 4.35. The minimum Gasteiger partial charge on any atom is -0.0625 e. The normalized spacial score (nSPS) is 21.4. The molecule has 0 aromatic heterocycles. The molecular formula is C14H18I+. The monoisotopic (exact) mass is 313 g/mol. The number of benzene rings is 1. The molecule has 0 nitrogen and oxygen atoms in total. The molecule has 0 aliphatic heterocycles. The fraction of sp³-hybridized carbons (Fsp3) is 0.429. The summed E-state index contributed by atoms with van der Waals surface area (Å²) in [6.07, 6.45) is 5.52. The van der Waals surface area contributed by atoms with Gasteiger partial charge in [-0.05, 0) is 49.3 Å². The molecule has 1 aromatic carbocycles. The first kappa shape index (κ1) is 11.2. The zero-order chi connectivity index (χ0) is 10.5. The Kier molecular flexibility index (Phi) is 4.24. The van der Waals surface area contributed by atoms with Gasteiger partial charge in [-0.1, -0.05) is 25.1 Å². The van der Waals surface area contributed by atoms with E-state index in [9.17, 15) is 0 Å². The predicted octanol–water partition coefficient (Wildman–Crippen LogP) is 1.04. The first-order chi connectivity index (χ1) is 7.34. The molecule has 1 saturated carbocycles. The van der Waals surface area contributed by atoms with E-state index in [1.807, 2.05) is 0 Å². The van der Waals surface area contributed by atoms with E-state index in [4.69, 9.17) is 0 Å². The van der Waals surface area contributed by atoms with Gasteiger partial charge in [0.2, 0.25) is 0 Å². The summed E-state index contributed by atoms with van der Waals surface area (Å²) in [6, 6.07) is 10.9. The molecule has 1 fully saturated rings. The van der Waals surface area contributed by atoms with Gasteiger partial charge in [0.25, 0.3) is 0 Å². The Bertz CT molecular complexity index is 316. The molecule has 15 heavy (non-hydrogen) atoms. The van der Waals surface area contributed by atoms with Crippen molar-refractivity contribution in [3.8, 4) is 0 Å². The van der Waals surface area contributed by atoms with Crippen molar-refractivity contribution < 1.29 is 21.2 Å². The summed E-state index contributed by atoms with van der Waals surface area (Å²) in [5, 5.41) is 0. The Labute approximate surface area is 103 Å². The van der Waals surface area contributed by atoms with Crippen LogP contribution in [-0.2, 0) is 0 Å². The van der Waals surface area contributed by atoms with Crippen LogP contribution >= 0.6 is 0 Å². The number of hydrogen-bond donors (Lipinski definition) is 0. The van der Waals surface area contributed by atoms with Crippen LogP contribution in [0.25, 0.3) is 0 Å². The summed E-state index contributed by atoms with van der Waals surface area (Å²) in [5.74, 6) is 0.956. The Morgan fingerprint density at radius 3 is 2.47 bits per heavy atom. The van der Waals surface area contributed by atoms with E-state index in [1.54, 1.807) is 9.14 Å². The van der Waals surface area contributed by atoms with Crippen molar-refractivity contribution in [1.29, 1.82) is 0 Å². The topological polar surface area (TPSA) is 0 Å². The van der Waals surface area contributed by atoms with Gasteiger partial charge in [0.05, 0.1) is 0 Å². The van der Waals surface area contributed by atoms with Gasteiger partial charge in [-0.2, -0.15) is 0 Å². The fourth-order valence-electron chi connectivity index (χ4n) is 1.87. The van der Waals surface area contributed by atoms with Crippen molar-refractivity contribution >= 4 is 0 Å². The summed E-state index contributed by atoms with van der Waals surface area (Å²) in [5.41, 5.74) is 1.73. The summed E-state index contributed by atoms with van der Waals surface area (Å²) in [4.78, 5) is 0. The lowest BCUT2D eigenvalue weighted by atomic mass is 9.88. The highest BCUT2D eigenvalue weighted by Crippen LogP contribution is 2.26. The average molecular weight is 313 g/mol. The molecule has 0 heterocycles. The third-order valence-corrected chi connectivity index (χ3v) is 5.61. The first-order valence-corrected chi connectivity index (χ1v) is 8.03. The highest BCUT2D eigenvalue weighted by atomic mass is 127. The third-order valence-electron chi connectivity index (χ3n) is 2.98. The lowest BCUT2D eigenvalue weighted by Crippen LogP contribution is -3.59. The smallest absolute Gasteiger partial charge is 0.0625 e. The molecule has 2 rings (SSSR count). The molecule has 0 saturated heterocycles.